The van der Waals surface area contributed by atoms with Crippen LogP contribution in [0.3, 0.4) is 0 Å². The number of sulfonamides is 1. The Morgan fingerprint density at radius 1 is 1.16 bits per heavy atom. The fourth-order valence-corrected chi connectivity index (χ4v) is 6.07. The first kappa shape index (κ1) is 22.8. The summed E-state index contributed by atoms with van der Waals surface area (Å²) in [5.41, 5.74) is 2.75. The van der Waals surface area contributed by atoms with Crippen molar-refractivity contribution in [3.63, 3.8) is 0 Å². The predicted octanol–water partition coefficient (Wildman–Crippen LogP) is 4.35. The average Bonchev–Trinajstić information content (AvgIpc) is 3.24. The first-order chi connectivity index (χ1) is 15.3. The van der Waals surface area contributed by atoms with Gasteiger partial charge in [-0.2, -0.15) is 0 Å². The lowest BCUT2D eigenvalue weighted by atomic mass is 9.99. The average molecular weight is 491 g/mol. The monoisotopic (exact) mass is 490 g/mol. The van der Waals surface area contributed by atoms with E-state index in [4.69, 9.17) is 11.6 Å². The number of hydrogen-bond acceptors (Lipinski definition) is 6. The van der Waals surface area contributed by atoms with Gasteiger partial charge in [-0.25, -0.2) is 12.7 Å². The third-order valence-corrected chi connectivity index (χ3v) is 8.32. The highest BCUT2D eigenvalue weighted by molar-refractivity contribution is 7.88. The van der Waals surface area contributed by atoms with Gasteiger partial charge in [0.2, 0.25) is 21.1 Å². The Hall–Kier alpha value is -2.33. The molecule has 1 atom stereocenters. The van der Waals surface area contributed by atoms with Gasteiger partial charge in [-0.3, -0.25) is 4.79 Å². The molecule has 0 aliphatic carbocycles. The zero-order valence-electron chi connectivity index (χ0n) is 17.5. The van der Waals surface area contributed by atoms with Crippen LogP contribution in [-0.2, 0) is 20.6 Å². The lowest BCUT2D eigenvalue weighted by molar-refractivity contribution is -0.120. The fraction of sp³-hybridized carbons (Fsp3) is 0.318. The standard InChI is InChI=1S/C22H23ClN4O3S2/c1-15-4-8-17(9-5-15)21-25-26-22(31-21)24-20(28)18-3-2-12-27(13-18)32(29,30)14-16-6-10-19(23)11-7-16/h4-11,18H,2-3,12-14H2,1H3,(H,24,26,28). The van der Waals surface area contributed by atoms with Gasteiger partial charge >= 0.3 is 0 Å². The number of rotatable bonds is 6. The first-order valence-electron chi connectivity index (χ1n) is 10.2. The van der Waals surface area contributed by atoms with Crippen molar-refractivity contribution >= 4 is 44.0 Å². The maximum absolute atomic E-state index is 12.9. The summed E-state index contributed by atoms with van der Waals surface area (Å²) in [4.78, 5) is 12.8. The Morgan fingerprint density at radius 2 is 1.88 bits per heavy atom. The highest BCUT2D eigenvalue weighted by atomic mass is 35.5. The van der Waals surface area contributed by atoms with Gasteiger partial charge < -0.3 is 5.32 Å². The second-order valence-electron chi connectivity index (χ2n) is 7.85. The molecular formula is C22H23ClN4O3S2. The second-order valence-corrected chi connectivity index (χ2v) is 11.2. The van der Waals surface area contributed by atoms with Gasteiger partial charge in [0.15, 0.2) is 0 Å². The van der Waals surface area contributed by atoms with Gasteiger partial charge in [-0.15, -0.1) is 10.2 Å². The van der Waals surface area contributed by atoms with Gasteiger partial charge in [0.25, 0.3) is 0 Å². The molecule has 1 fully saturated rings. The van der Waals surface area contributed by atoms with Crippen LogP contribution in [0.5, 0.6) is 0 Å². The van der Waals surface area contributed by atoms with E-state index in [-0.39, 0.29) is 18.2 Å². The number of amides is 1. The van der Waals surface area contributed by atoms with Gasteiger partial charge in [0.1, 0.15) is 5.01 Å². The van der Waals surface area contributed by atoms with Gasteiger partial charge in [-0.05, 0) is 37.5 Å². The van der Waals surface area contributed by atoms with Crippen molar-refractivity contribution in [1.29, 1.82) is 0 Å². The number of anilines is 1. The van der Waals surface area contributed by atoms with E-state index < -0.39 is 15.9 Å². The SMILES string of the molecule is Cc1ccc(-c2nnc(NC(=O)C3CCCN(S(=O)(=O)Cc4ccc(Cl)cc4)C3)s2)cc1. The summed E-state index contributed by atoms with van der Waals surface area (Å²) in [6.07, 6.45) is 1.26. The van der Waals surface area contributed by atoms with E-state index >= 15 is 0 Å². The summed E-state index contributed by atoms with van der Waals surface area (Å²) in [7, 11) is -3.54. The molecule has 32 heavy (non-hydrogen) atoms. The van der Waals surface area contributed by atoms with Crippen LogP contribution in [0.2, 0.25) is 5.02 Å². The maximum atomic E-state index is 12.9. The minimum absolute atomic E-state index is 0.116. The number of halogens is 1. The normalized spacial score (nSPS) is 17.2. The molecule has 0 bridgehead atoms. The quantitative estimate of drug-likeness (QED) is 0.554. The van der Waals surface area contributed by atoms with Crippen LogP contribution in [0.25, 0.3) is 10.6 Å². The van der Waals surface area contributed by atoms with Crippen molar-refractivity contribution in [3.05, 3.63) is 64.7 Å². The van der Waals surface area contributed by atoms with Crippen LogP contribution in [0.15, 0.2) is 48.5 Å². The van der Waals surface area contributed by atoms with E-state index in [1.165, 1.54) is 15.6 Å². The molecule has 1 aliphatic rings. The molecule has 1 unspecified atom stereocenters. The number of benzene rings is 2. The zero-order chi connectivity index (χ0) is 22.7. The summed E-state index contributed by atoms with van der Waals surface area (Å²) in [5, 5.41) is 12.7. The largest absolute Gasteiger partial charge is 0.300 e. The third-order valence-electron chi connectivity index (χ3n) is 5.36. The lowest BCUT2D eigenvalue weighted by Gasteiger charge is -2.31. The van der Waals surface area contributed by atoms with E-state index in [0.717, 1.165) is 16.1 Å². The molecule has 0 saturated carbocycles. The van der Waals surface area contributed by atoms with Crippen molar-refractivity contribution < 1.29 is 13.2 Å². The van der Waals surface area contributed by atoms with Crippen molar-refractivity contribution in [2.75, 3.05) is 18.4 Å². The summed E-state index contributed by atoms with van der Waals surface area (Å²) in [6, 6.07) is 14.7. The molecule has 1 aliphatic heterocycles. The van der Waals surface area contributed by atoms with Crippen LogP contribution in [0, 0.1) is 12.8 Å². The summed E-state index contributed by atoms with van der Waals surface area (Å²) >= 11 is 7.18. The Balaban J connectivity index is 1.39. The molecule has 4 rings (SSSR count). The number of aryl methyl sites for hydroxylation is 1. The molecule has 2 heterocycles. The Kier molecular flexibility index (Phi) is 6.90. The summed E-state index contributed by atoms with van der Waals surface area (Å²) in [5.74, 6) is -0.784. The molecule has 7 nitrogen and oxygen atoms in total. The number of carbonyl (C=O) groups is 1. The minimum atomic E-state index is -3.54. The van der Waals surface area contributed by atoms with Crippen LogP contribution < -0.4 is 5.32 Å². The Labute approximate surface area is 196 Å². The fourth-order valence-electron chi connectivity index (χ4n) is 3.59. The second kappa shape index (κ2) is 9.66. The van der Waals surface area contributed by atoms with Crippen LogP contribution in [0.4, 0.5) is 5.13 Å². The number of aromatic nitrogens is 2. The number of carbonyl (C=O) groups excluding carboxylic acids is 1. The molecule has 1 saturated heterocycles. The maximum Gasteiger partial charge on any atom is 0.230 e. The highest BCUT2D eigenvalue weighted by Gasteiger charge is 2.32. The van der Waals surface area contributed by atoms with Gasteiger partial charge in [0.05, 0.1) is 11.7 Å². The molecule has 3 aromatic rings. The third kappa shape index (κ3) is 5.53. The molecule has 0 radical (unpaired) electrons. The molecule has 0 spiro atoms. The van der Waals surface area contributed by atoms with Crippen molar-refractivity contribution in [1.82, 2.24) is 14.5 Å². The van der Waals surface area contributed by atoms with Gasteiger partial charge in [0, 0.05) is 23.7 Å². The first-order valence-corrected chi connectivity index (χ1v) is 13.0. The molecule has 1 amide bonds. The molecular weight excluding hydrogens is 468 g/mol. The number of nitrogens with zero attached hydrogens (tertiary/aromatic N) is 3. The number of hydrogen-bond donors (Lipinski definition) is 1. The molecule has 168 valence electrons. The summed E-state index contributed by atoms with van der Waals surface area (Å²) in [6.45, 7) is 2.58. The van der Waals surface area contributed by atoms with Crippen LogP contribution >= 0.6 is 22.9 Å². The zero-order valence-corrected chi connectivity index (χ0v) is 19.9. The van der Waals surface area contributed by atoms with Crippen LogP contribution in [-0.4, -0.2) is 41.9 Å². The van der Waals surface area contributed by atoms with Crippen molar-refractivity contribution in [3.8, 4) is 10.6 Å². The van der Waals surface area contributed by atoms with Crippen molar-refractivity contribution in [2.24, 2.45) is 5.92 Å². The van der Waals surface area contributed by atoms with E-state index in [0.29, 0.717) is 35.1 Å². The Morgan fingerprint density at radius 3 is 2.59 bits per heavy atom. The summed E-state index contributed by atoms with van der Waals surface area (Å²) < 4.78 is 27.2. The minimum Gasteiger partial charge on any atom is -0.300 e. The smallest absolute Gasteiger partial charge is 0.230 e. The Bertz CT molecular complexity index is 1190. The predicted molar refractivity (Wildman–Crippen MR) is 127 cm³/mol. The van der Waals surface area contributed by atoms with Crippen LogP contribution in [0.1, 0.15) is 24.0 Å². The molecule has 2 aromatic carbocycles. The van der Waals surface area contributed by atoms with E-state index in [9.17, 15) is 13.2 Å². The highest BCUT2D eigenvalue weighted by Crippen LogP contribution is 2.28. The lowest BCUT2D eigenvalue weighted by Crippen LogP contribution is -2.44. The molecule has 1 N–H and O–H groups in total. The van der Waals surface area contributed by atoms with E-state index in [1.54, 1.807) is 24.3 Å². The number of nitrogens with one attached hydrogen (secondary N) is 1. The van der Waals surface area contributed by atoms with E-state index in [1.807, 2.05) is 31.2 Å². The topological polar surface area (TPSA) is 92.3 Å². The molecule has 10 heteroatoms. The van der Waals surface area contributed by atoms with E-state index in [2.05, 4.69) is 15.5 Å². The number of piperidine rings is 1. The van der Waals surface area contributed by atoms with Crippen molar-refractivity contribution in [2.45, 2.75) is 25.5 Å². The van der Waals surface area contributed by atoms with Gasteiger partial charge in [-0.1, -0.05) is 64.9 Å². The molecule has 1 aromatic heterocycles.